The summed E-state index contributed by atoms with van der Waals surface area (Å²) in [6, 6.07) is 4.76. The molecule has 0 aromatic heterocycles. The van der Waals surface area contributed by atoms with E-state index < -0.39 is 9.84 Å². The number of rotatable bonds is 3. The number of carbonyl (C=O) groups is 1. The number of carbonyl (C=O) groups excluding carboxylic acids is 1. The third-order valence-electron chi connectivity index (χ3n) is 2.95. The number of benzene rings is 1. The van der Waals surface area contributed by atoms with E-state index in [4.69, 9.17) is 23.2 Å². The molecule has 1 saturated heterocycles. The average Bonchev–Trinajstić information content (AvgIpc) is 2.55. The van der Waals surface area contributed by atoms with Gasteiger partial charge in [0.2, 0.25) is 5.91 Å². The Morgan fingerprint density at radius 3 is 2.42 bits per heavy atom. The van der Waals surface area contributed by atoms with Gasteiger partial charge in [0.25, 0.3) is 0 Å². The molecule has 19 heavy (non-hydrogen) atoms. The van der Waals surface area contributed by atoms with E-state index in [2.05, 4.69) is 5.32 Å². The summed E-state index contributed by atoms with van der Waals surface area (Å²) in [5, 5.41) is 3.55. The van der Waals surface area contributed by atoms with Gasteiger partial charge in [-0.05, 0) is 30.5 Å². The minimum absolute atomic E-state index is 0.0940. The van der Waals surface area contributed by atoms with Crippen LogP contribution in [-0.2, 0) is 14.6 Å². The fraction of sp³-hybridized carbons (Fsp3) is 0.417. The van der Waals surface area contributed by atoms with Crippen LogP contribution in [0.4, 0.5) is 5.69 Å². The van der Waals surface area contributed by atoms with Gasteiger partial charge in [-0.25, -0.2) is 8.42 Å². The van der Waals surface area contributed by atoms with Gasteiger partial charge in [0.1, 0.15) is 0 Å². The minimum atomic E-state index is -2.95. The molecular weight excluding hydrogens is 309 g/mol. The molecule has 7 heteroatoms. The number of anilines is 1. The summed E-state index contributed by atoms with van der Waals surface area (Å²) < 4.78 is 22.6. The van der Waals surface area contributed by atoms with Gasteiger partial charge in [0.15, 0.2) is 9.84 Å². The van der Waals surface area contributed by atoms with E-state index in [0.717, 1.165) is 0 Å². The number of nitrogens with one attached hydrogen (secondary N) is 1. The van der Waals surface area contributed by atoms with Gasteiger partial charge in [0.05, 0.1) is 11.5 Å². The highest BCUT2D eigenvalue weighted by atomic mass is 35.5. The Bertz CT molecular complexity index is 581. The summed E-state index contributed by atoms with van der Waals surface area (Å²) >= 11 is 11.7. The lowest BCUT2D eigenvalue weighted by atomic mass is 10.1. The van der Waals surface area contributed by atoms with Crippen LogP contribution in [0, 0.1) is 5.92 Å². The largest absolute Gasteiger partial charge is 0.326 e. The highest BCUT2D eigenvalue weighted by molar-refractivity contribution is 7.91. The Kier molecular flexibility index (Phi) is 4.38. The minimum Gasteiger partial charge on any atom is -0.326 e. The molecule has 2 rings (SSSR count). The standard InChI is InChI=1S/C12H13Cl2NO3S/c13-9-4-10(14)6-11(5-9)15-12(16)3-8-1-2-19(17,18)7-8/h4-6,8H,1-3,7H2,(H,15,16)/t8-/m0/s1. The number of amides is 1. The molecule has 1 aliphatic heterocycles. The molecule has 0 spiro atoms. The van der Waals surface area contributed by atoms with Gasteiger partial charge in [-0.1, -0.05) is 23.2 Å². The van der Waals surface area contributed by atoms with E-state index in [1.54, 1.807) is 18.2 Å². The first-order valence-electron chi connectivity index (χ1n) is 5.80. The van der Waals surface area contributed by atoms with E-state index in [1.165, 1.54) is 0 Å². The Labute approximate surface area is 122 Å². The predicted molar refractivity (Wildman–Crippen MR) is 76.5 cm³/mol. The molecule has 1 fully saturated rings. The average molecular weight is 322 g/mol. The van der Waals surface area contributed by atoms with Gasteiger partial charge < -0.3 is 5.32 Å². The highest BCUT2D eigenvalue weighted by Gasteiger charge is 2.29. The normalized spacial score (nSPS) is 21.3. The first kappa shape index (κ1) is 14.6. The molecule has 1 atom stereocenters. The van der Waals surface area contributed by atoms with E-state index in [-0.39, 0.29) is 29.8 Å². The topological polar surface area (TPSA) is 63.2 Å². The van der Waals surface area contributed by atoms with Crippen molar-refractivity contribution >= 4 is 44.6 Å². The van der Waals surface area contributed by atoms with Crippen LogP contribution in [0.15, 0.2) is 18.2 Å². The van der Waals surface area contributed by atoms with Crippen LogP contribution in [0.2, 0.25) is 10.0 Å². The highest BCUT2D eigenvalue weighted by Crippen LogP contribution is 2.24. The van der Waals surface area contributed by atoms with Crippen LogP contribution in [0.3, 0.4) is 0 Å². The molecule has 0 radical (unpaired) electrons. The molecule has 1 aromatic carbocycles. The smallest absolute Gasteiger partial charge is 0.224 e. The maximum absolute atomic E-state index is 11.8. The number of hydrogen-bond donors (Lipinski definition) is 1. The van der Waals surface area contributed by atoms with Crippen LogP contribution in [0.5, 0.6) is 0 Å². The zero-order chi connectivity index (χ0) is 14.0. The van der Waals surface area contributed by atoms with Crippen molar-refractivity contribution in [3.63, 3.8) is 0 Å². The number of halogens is 2. The van der Waals surface area contributed by atoms with Gasteiger partial charge >= 0.3 is 0 Å². The second-order valence-corrected chi connectivity index (χ2v) is 7.78. The van der Waals surface area contributed by atoms with Crippen molar-refractivity contribution in [2.24, 2.45) is 5.92 Å². The Morgan fingerprint density at radius 2 is 1.89 bits per heavy atom. The SMILES string of the molecule is O=C(C[C@@H]1CCS(=O)(=O)C1)Nc1cc(Cl)cc(Cl)c1. The molecule has 0 unspecified atom stereocenters. The first-order valence-corrected chi connectivity index (χ1v) is 8.38. The lowest BCUT2D eigenvalue weighted by Crippen LogP contribution is -2.17. The van der Waals surface area contributed by atoms with Crippen molar-refractivity contribution < 1.29 is 13.2 Å². The van der Waals surface area contributed by atoms with Crippen LogP contribution in [0.25, 0.3) is 0 Å². The van der Waals surface area contributed by atoms with E-state index in [1.807, 2.05) is 0 Å². The van der Waals surface area contributed by atoms with Crippen molar-refractivity contribution in [2.45, 2.75) is 12.8 Å². The molecule has 0 saturated carbocycles. The first-order chi connectivity index (χ1) is 8.84. The molecular formula is C12H13Cl2NO3S. The second kappa shape index (κ2) is 5.69. The molecule has 104 valence electrons. The van der Waals surface area contributed by atoms with E-state index in [9.17, 15) is 13.2 Å². The summed E-state index contributed by atoms with van der Waals surface area (Å²) in [6.45, 7) is 0. The fourth-order valence-electron chi connectivity index (χ4n) is 2.13. The molecule has 1 N–H and O–H groups in total. The van der Waals surface area contributed by atoms with Crippen LogP contribution >= 0.6 is 23.2 Å². The molecule has 4 nitrogen and oxygen atoms in total. The molecule has 1 heterocycles. The monoisotopic (exact) mass is 321 g/mol. The van der Waals surface area contributed by atoms with Gasteiger partial charge in [-0.15, -0.1) is 0 Å². The molecule has 1 aromatic rings. The maximum atomic E-state index is 11.8. The van der Waals surface area contributed by atoms with Crippen LogP contribution in [0.1, 0.15) is 12.8 Å². The van der Waals surface area contributed by atoms with E-state index >= 15 is 0 Å². The van der Waals surface area contributed by atoms with Gasteiger partial charge in [-0.3, -0.25) is 4.79 Å². The summed E-state index contributed by atoms with van der Waals surface area (Å²) in [4.78, 5) is 11.8. The quantitative estimate of drug-likeness (QED) is 0.931. The van der Waals surface area contributed by atoms with Crippen LogP contribution < -0.4 is 5.32 Å². The summed E-state index contributed by atoms with van der Waals surface area (Å²) in [5.74, 6) is -0.0508. The lowest BCUT2D eigenvalue weighted by Gasteiger charge is -2.09. The lowest BCUT2D eigenvalue weighted by molar-refractivity contribution is -0.116. The number of sulfone groups is 1. The Morgan fingerprint density at radius 1 is 1.26 bits per heavy atom. The molecule has 1 amide bonds. The van der Waals surface area contributed by atoms with Crippen molar-refractivity contribution in [1.29, 1.82) is 0 Å². The zero-order valence-corrected chi connectivity index (χ0v) is 12.4. The van der Waals surface area contributed by atoms with Crippen molar-refractivity contribution in [3.8, 4) is 0 Å². The van der Waals surface area contributed by atoms with Crippen molar-refractivity contribution in [3.05, 3.63) is 28.2 Å². The Balaban J connectivity index is 1.95. The van der Waals surface area contributed by atoms with E-state index in [0.29, 0.717) is 22.2 Å². The van der Waals surface area contributed by atoms with Gasteiger partial charge in [0, 0.05) is 22.2 Å². The number of hydrogen-bond acceptors (Lipinski definition) is 3. The molecule has 1 aliphatic rings. The molecule has 0 aliphatic carbocycles. The Hall–Kier alpha value is -0.780. The molecule has 0 bridgehead atoms. The van der Waals surface area contributed by atoms with Crippen LogP contribution in [-0.4, -0.2) is 25.8 Å². The van der Waals surface area contributed by atoms with Crippen molar-refractivity contribution in [2.75, 3.05) is 16.8 Å². The third kappa shape index (κ3) is 4.37. The van der Waals surface area contributed by atoms with Gasteiger partial charge in [-0.2, -0.15) is 0 Å². The fourth-order valence-corrected chi connectivity index (χ4v) is 4.52. The third-order valence-corrected chi connectivity index (χ3v) is 5.22. The predicted octanol–water partition coefficient (Wildman–Crippen LogP) is 2.76. The summed E-state index contributed by atoms with van der Waals surface area (Å²) in [7, 11) is -2.95. The zero-order valence-electron chi connectivity index (χ0n) is 10.0. The summed E-state index contributed by atoms with van der Waals surface area (Å²) in [5.41, 5.74) is 0.517. The maximum Gasteiger partial charge on any atom is 0.224 e. The second-order valence-electron chi connectivity index (χ2n) is 4.68. The van der Waals surface area contributed by atoms with Crippen molar-refractivity contribution in [1.82, 2.24) is 0 Å². The summed E-state index contributed by atoms with van der Waals surface area (Å²) in [6.07, 6.45) is 0.745.